The second-order valence-electron chi connectivity index (χ2n) is 5.82. The van der Waals surface area contributed by atoms with Gasteiger partial charge in [0.1, 0.15) is 0 Å². The smallest absolute Gasteiger partial charge is 0.0954 e. The third-order valence-corrected chi connectivity index (χ3v) is 5.10. The molecule has 2 rings (SSSR count). The van der Waals surface area contributed by atoms with E-state index in [4.69, 9.17) is 4.98 Å². The summed E-state index contributed by atoms with van der Waals surface area (Å²) in [5.74, 6) is 0.514. The average molecular weight is 282 g/mol. The van der Waals surface area contributed by atoms with Gasteiger partial charge in [-0.15, -0.1) is 11.3 Å². The van der Waals surface area contributed by atoms with Gasteiger partial charge in [0, 0.05) is 30.4 Å². The lowest BCUT2D eigenvalue weighted by molar-refractivity contribution is 0.116. The predicted molar refractivity (Wildman–Crippen MR) is 80.6 cm³/mol. The lowest BCUT2D eigenvalue weighted by Gasteiger charge is -2.33. The van der Waals surface area contributed by atoms with Crippen LogP contribution in [-0.2, 0) is 6.54 Å². The first kappa shape index (κ1) is 14.9. The fourth-order valence-electron chi connectivity index (χ4n) is 2.83. The Hall–Kier alpha value is -0.450. The van der Waals surface area contributed by atoms with Gasteiger partial charge in [-0.25, -0.2) is 4.98 Å². The van der Waals surface area contributed by atoms with E-state index in [0.717, 1.165) is 13.1 Å². The Balaban J connectivity index is 1.98. The maximum absolute atomic E-state index is 9.28. The summed E-state index contributed by atoms with van der Waals surface area (Å²) in [7, 11) is 0. The van der Waals surface area contributed by atoms with Crippen molar-refractivity contribution in [1.82, 2.24) is 9.88 Å². The molecule has 0 amide bonds. The molecule has 0 bridgehead atoms. The monoisotopic (exact) mass is 282 g/mol. The van der Waals surface area contributed by atoms with E-state index >= 15 is 0 Å². The van der Waals surface area contributed by atoms with Crippen LogP contribution in [0.25, 0.3) is 0 Å². The third-order valence-electron chi connectivity index (χ3n) is 3.91. The minimum absolute atomic E-state index is 0.248. The minimum Gasteiger partial charge on any atom is -0.395 e. The van der Waals surface area contributed by atoms with Crippen LogP contribution < -0.4 is 0 Å². The molecule has 1 N–H and O–H groups in total. The SMILES string of the molecule is CC(C)c1nc(CN(CCO)C2CCCCC2)cs1. The molecule has 0 spiro atoms. The van der Waals surface area contributed by atoms with Crippen LogP contribution in [0.3, 0.4) is 0 Å². The Bertz CT molecular complexity index is 372. The van der Waals surface area contributed by atoms with Gasteiger partial charge >= 0.3 is 0 Å². The number of thiazole rings is 1. The number of aliphatic hydroxyl groups is 1. The maximum atomic E-state index is 9.28. The van der Waals surface area contributed by atoms with Gasteiger partial charge in [-0.3, -0.25) is 4.90 Å². The minimum atomic E-state index is 0.248. The summed E-state index contributed by atoms with van der Waals surface area (Å²) < 4.78 is 0. The molecule has 1 heterocycles. The van der Waals surface area contributed by atoms with Crippen molar-refractivity contribution in [3.63, 3.8) is 0 Å². The van der Waals surface area contributed by atoms with Crippen molar-refractivity contribution in [1.29, 1.82) is 0 Å². The summed E-state index contributed by atoms with van der Waals surface area (Å²) >= 11 is 1.76. The molecule has 1 aliphatic carbocycles. The number of aliphatic hydroxyl groups excluding tert-OH is 1. The van der Waals surface area contributed by atoms with E-state index in [1.54, 1.807) is 11.3 Å². The summed E-state index contributed by atoms with van der Waals surface area (Å²) in [5, 5.41) is 12.7. The molecular formula is C15H26N2OS. The molecule has 0 saturated heterocycles. The molecule has 0 unspecified atom stereocenters. The fraction of sp³-hybridized carbons (Fsp3) is 0.800. The number of aromatic nitrogens is 1. The van der Waals surface area contributed by atoms with Crippen LogP contribution in [0.5, 0.6) is 0 Å². The summed E-state index contributed by atoms with van der Waals surface area (Å²) in [6.45, 7) is 6.30. The van der Waals surface area contributed by atoms with Crippen molar-refractivity contribution in [2.24, 2.45) is 0 Å². The fourth-order valence-corrected chi connectivity index (χ4v) is 3.66. The number of hydrogen-bond donors (Lipinski definition) is 1. The van der Waals surface area contributed by atoms with Crippen molar-refractivity contribution in [2.45, 2.75) is 64.5 Å². The third kappa shape index (κ3) is 4.26. The van der Waals surface area contributed by atoms with E-state index in [1.165, 1.54) is 42.8 Å². The Morgan fingerprint density at radius 1 is 1.37 bits per heavy atom. The second-order valence-corrected chi connectivity index (χ2v) is 6.71. The van der Waals surface area contributed by atoms with Crippen LogP contribution in [0.1, 0.15) is 62.6 Å². The van der Waals surface area contributed by atoms with E-state index in [-0.39, 0.29) is 6.61 Å². The van der Waals surface area contributed by atoms with Gasteiger partial charge in [-0.05, 0) is 12.8 Å². The van der Waals surface area contributed by atoms with Crippen molar-refractivity contribution in [3.8, 4) is 0 Å². The van der Waals surface area contributed by atoms with Gasteiger partial charge in [0.2, 0.25) is 0 Å². The van der Waals surface area contributed by atoms with Gasteiger partial charge < -0.3 is 5.11 Å². The van der Waals surface area contributed by atoms with E-state index in [1.807, 2.05) is 0 Å². The molecule has 19 heavy (non-hydrogen) atoms. The molecule has 1 aromatic heterocycles. The molecule has 0 atom stereocenters. The molecule has 0 aliphatic heterocycles. The summed E-state index contributed by atoms with van der Waals surface area (Å²) in [4.78, 5) is 7.15. The first-order chi connectivity index (χ1) is 9.20. The van der Waals surface area contributed by atoms with Crippen LogP contribution in [0, 0.1) is 0 Å². The summed E-state index contributed by atoms with van der Waals surface area (Å²) in [5.41, 5.74) is 1.17. The second kappa shape index (κ2) is 7.36. The maximum Gasteiger partial charge on any atom is 0.0954 e. The quantitative estimate of drug-likeness (QED) is 0.869. The zero-order valence-corrected chi connectivity index (χ0v) is 13.0. The Morgan fingerprint density at radius 2 is 2.11 bits per heavy atom. The van der Waals surface area contributed by atoms with Crippen LogP contribution >= 0.6 is 11.3 Å². The van der Waals surface area contributed by atoms with Crippen LogP contribution in [-0.4, -0.2) is 34.2 Å². The molecular weight excluding hydrogens is 256 g/mol. The van der Waals surface area contributed by atoms with E-state index in [0.29, 0.717) is 12.0 Å². The molecule has 0 radical (unpaired) electrons. The number of nitrogens with zero attached hydrogens (tertiary/aromatic N) is 2. The predicted octanol–water partition coefficient (Wildman–Crippen LogP) is 3.39. The zero-order valence-electron chi connectivity index (χ0n) is 12.1. The zero-order chi connectivity index (χ0) is 13.7. The highest BCUT2D eigenvalue weighted by molar-refractivity contribution is 7.09. The summed E-state index contributed by atoms with van der Waals surface area (Å²) in [6, 6.07) is 0.644. The highest BCUT2D eigenvalue weighted by Gasteiger charge is 2.21. The molecule has 4 heteroatoms. The first-order valence-electron chi connectivity index (χ1n) is 7.50. The van der Waals surface area contributed by atoms with Gasteiger partial charge in [0.15, 0.2) is 0 Å². The average Bonchev–Trinajstić information content (AvgIpc) is 2.88. The van der Waals surface area contributed by atoms with Gasteiger partial charge in [0.25, 0.3) is 0 Å². The first-order valence-corrected chi connectivity index (χ1v) is 8.38. The molecule has 0 aromatic carbocycles. The molecule has 1 aromatic rings. The molecule has 3 nitrogen and oxygen atoms in total. The standard InChI is InChI=1S/C15H26N2OS/c1-12(2)15-16-13(11-19-15)10-17(8-9-18)14-6-4-3-5-7-14/h11-12,14,18H,3-10H2,1-2H3. The largest absolute Gasteiger partial charge is 0.395 e. The van der Waals surface area contributed by atoms with E-state index in [2.05, 4.69) is 24.1 Å². The Kier molecular flexibility index (Phi) is 5.79. The lowest BCUT2D eigenvalue weighted by atomic mass is 9.94. The van der Waals surface area contributed by atoms with Crippen LogP contribution in [0.15, 0.2) is 5.38 Å². The highest BCUT2D eigenvalue weighted by atomic mass is 32.1. The van der Waals surface area contributed by atoms with E-state index < -0.39 is 0 Å². The van der Waals surface area contributed by atoms with Crippen molar-refractivity contribution in [3.05, 3.63) is 16.1 Å². The normalized spacial score (nSPS) is 17.5. The highest BCUT2D eigenvalue weighted by Crippen LogP contribution is 2.25. The molecule has 1 aliphatic rings. The molecule has 1 saturated carbocycles. The van der Waals surface area contributed by atoms with Gasteiger partial charge in [-0.2, -0.15) is 0 Å². The van der Waals surface area contributed by atoms with Crippen molar-refractivity contribution >= 4 is 11.3 Å². The number of rotatable bonds is 6. The Labute approximate surface area is 120 Å². The van der Waals surface area contributed by atoms with Gasteiger partial charge in [-0.1, -0.05) is 33.1 Å². The van der Waals surface area contributed by atoms with Crippen LogP contribution in [0.4, 0.5) is 0 Å². The van der Waals surface area contributed by atoms with Crippen molar-refractivity contribution < 1.29 is 5.11 Å². The topological polar surface area (TPSA) is 36.4 Å². The van der Waals surface area contributed by atoms with Crippen molar-refractivity contribution in [2.75, 3.05) is 13.2 Å². The summed E-state index contributed by atoms with van der Waals surface area (Å²) in [6.07, 6.45) is 6.60. The molecule has 1 fully saturated rings. The van der Waals surface area contributed by atoms with Gasteiger partial charge in [0.05, 0.1) is 17.3 Å². The van der Waals surface area contributed by atoms with E-state index in [9.17, 15) is 5.11 Å². The lowest BCUT2D eigenvalue weighted by Crippen LogP contribution is -2.38. The Morgan fingerprint density at radius 3 is 2.68 bits per heavy atom. The number of hydrogen-bond acceptors (Lipinski definition) is 4. The molecule has 108 valence electrons. The van der Waals surface area contributed by atoms with Crippen LogP contribution in [0.2, 0.25) is 0 Å².